The molecule has 0 spiro atoms. The van der Waals surface area contributed by atoms with Crippen LogP contribution in [0.3, 0.4) is 0 Å². The lowest BCUT2D eigenvalue weighted by atomic mass is 9.95. The number of fused-ring (bicyclic) bond motifs is 2. The van der Waals surface area contributed by atoms with Crippen molar-refractivity contribution in [3.8, 4) is 40.9 Å². The number of hydrogen-bond donors (Lipinski definition) is 1. The van der Waals surface area contributed by atoms with Crippen LogP contribution in [0.2, 0.25) is 0 Å². The van der Waals surface area contributed by atoms with Crippen LogP contribution >= 0.6 is 0 Å². The molecule has 6 heterocycles. The zero-order valence-corrected chi connectivity index (χ0v) is 32.7. The molecule has 0 saturated carbocycles. The first-order chi connectivity index (χ1) is 28.3. The second kappa shape index (κ2) is 16.0. The quantitative estimate of drug-likeness (QED) is 0.121. The van der Waals surface area contributed by atoms with E-state index in [4.69, 9.17) is 34.9 Å². The Bertz CT molecular complexity index is 2570. The summed E-state index contributed by atoms with van der Waals surface area (Å²) in [5.41, 5.74) is 1.94. The first-order valence-electron chi connectivity index (χ1n) is 20.5. The topological polar surface area (TPSA) is 110 Å². The van der Waals surface area contributed by atoms with Gasteiger partial charge in [0.25, 0.3) is 0 Å². The van der Waals surface area contributed by atoms with Crippen molar-refractivity contribution in [2.24, 2.45) is 0 Å². The summed E-state index contributed by atoms with van der Waals surface area (Å²) in [4.78, 5) is 31.9. The van der Waals surface area contributed by atoms with Crippen molar-refractivity contribution in [1.82, 2.24) is 24.8 Å². The van der Waals surface area contributed by atoms with Crippen molar-refractivity contribution in [3.63, 3.8) is 0 Å². The Kier molecular flexibility index (Phi) is 10.4. The van der Waals surface area contributed by atoms with Crippen LogP contribution in [0.4, 0.5) is 14.6 Å². The van der Waals surface area contributed by atoms with Gasteiger partial charge >= 0.3 is 11.8 Å². The standard InChI is InChI=1S/C46H46F2N6O4/c1-3-5-23-53(27-36-42(58-45(55)57-36)30-13-7-6-8-14-30)26-31-16-10-18-35-38-41(51-44(52-43(38)49-31)56-28-46-21-11-24-54(46)25-12-22-46)39(48)40(50-35)33-17-9-15-29-19-20-34(47)32(4-2)37(29)33/h2,6-9,13-15,17,19-20,31H,3,5,10-12,16,18,21-28H2,1H3,(H,49,51,52). The average molecular weight is 785 g/mol. The zero-order chi connectivity index (χ0) is 39.8. The van der Waals surface area contributed by atoms with Crippen molar-refractivity contribution < 1.29 is 22.4 Å². The largest absolute Gasteiger partial charge is 0.519 e. The smallest absolute Gasteiger partial charge is 0.461 e. The van der Waals surface area contributed by atoms with Gasteiger partial charge in [-0.05, 0) is 82.5 Å². The molecule has 12 heteroatoms. The number of halogens is 2. The van der Waals surface area contributed by atoms with Gasteiger partial charge in [0.05, 0.1) is 28.7 Å². The summed E-state index contributed by atoms with van der Waals surface area (Å²) in [6.45, 7) is 6.34. The summed E-state index contributed by atoms with van der Waals surface area (Å²) >= 11 is 0. The fourth-order valence-electron chi connectivity index (χ4n) is 9.38. The number of aromatic nitrogens is 3. The van der Waals surface area contributed by atoms with Crippen LogP contribution < -0.4 is 15.9 Å². The molecule has 1 unspecified atom stereocenters. The minimum Gasteiger partial charge on any atom is -0.461 e. The number of hydrogen-bond acceptors (Lipinski definition) is 10. The van der Waals surface area contributed by atoms with Crippen molar-refractivity contribution in [2.45, 2.75) is 82.8 Å². The molecule has 2 saturated heterocycles. The number of ether oxygens (including phenoxy) is 1. The molecule has 3 aliphatic rings. The molecule has 3 aliphatic heterocycles. The first kappa shape index (κ1) is 37.9. The normalized spacial score (nSPS) is 17.6. The molecule has 1 N–H and O–H groups in total. The maximum absolute atomic E-state index is 17.3. The van der Waals surface area contributed by atoms with Crippen molar-refractivity contribution >= 4 is 27.5 Å². The summed E-state index contributed by atoms with van der Waals surface area (Å²) in [7, 11) is 0. The number of benzene rings is 3. The Morgan fingerprint density at radius 1 is 1.00 bits per heavy atom. The number of nitrogens with one attached hydrogen (secondary N) is 1. The molecule has 6 aromatic rings. The minimum atomic E-state index is -0.739. The summed E-state index contributed by atoms with van der Waals surface area (Å²) in [6.07, 6.45) is 14.0. The zero-order valence-electron chi connectivity index (χ0n) is 32.7. The predicted molar refractivity (Wildman–Crippen MR) is 220 cm³/mol. The van der Waals surface area contributed by atoms with Crippen LogP contribution in [-0.4, -0.2) is 69.1 Å². The van der Waals surface area contributed by atoms with E-state index in [1.165, 1.54) is 6.07 Å². The molecule has 0 radical (unpaired) electrons. The monoisotopic (exact) mass is 784 g/mol. The van der Waals surface area contributed by atoms with Crippen LogP contribution in [0.25, 0.3) is 44.3 Å². The van der Waals surface area contributed by atoms with E-state index in [-0.39, 0.29) is 34.4 Å². The summed E-state index contributed by atoms with van der Waals surface area (Å²) in [5.74, 6) is 1.89. The van der Waals surface area contributed by atoms with Gasteiger partial charge in [0, 0.05) is 29.1 Å². The molecular weight excluding hydrogens is 739 g/mol. The van der Waals surface area contributed by atoms with E-state index in [0.29, 0.717) is 70.9 Å². The predicted octanol–water partition coefficient (Wildman–Crippen LogP) is 8.74. The van der Waals surface area contributed by atoms with Crippen LogP contribution in [-0.2, 0) is 13.0 Å². The number of rotatable bonds is 12. The van der Waals surface area contributed by atoms with Crippen molar-refractivity contribution in [3.05, 3.63) is 99.9 Å². The number of unbranched alkanes of at least 4 members (excludes halogenated alkanes) is 1. The molecule has 298 valence electrons. The van der Waals surface area contributed by atoms with Gasteiger partial charge in [-0.15, -0.1) is 6.42 Å². The molecule has 10 nitrogen and oxygen atoms in total. The molecule has 2 fully saturated rings. The average Bonchev–Trinajstić information content (AvgIpc) is 3.93. The van der Waals surface area contributed by atoms with E-state index in [2.05, 4.69) is 28.0 Å². The highest BCUT2D eigenvalue weighted by molar-refractivity contribution is 6.02. The molecule has 3 aromatic carbocycles. The Hall–Kier alpha value is -5.64. The van der Waals surface area contributed by atoms with E-state index < -0.39 is 17.5 Å². The fraction of sp³-hybridized carbons (Fsp3) is 0.391. The van der Waals surface area contributed by atoms with Crippen LogP contribution in [0.5, 0.6) is 6.01 Å². The maximum Gasteiger partial charge on any atom is 0.519 e. The highest BCUT2D eigenvalue weighted by atomic mass is 19.1. The number of terminal acetylenes is 1. The molecule has 9 rings (SSSR count). The molecular formula is C46H46F2N6O4. The third-order valence-corrected chi connectivity index (χ3v) is 12.2. The number of nitrogens with zero attached hydrogens (tertiary/aromatic N) is 5. The lowest BCUT2D eigenvalue weighted by molar-refractivity contribution is 0.108. The number of pyridine rings is 1. The summed E-state index contributed by atoms with van der Waals surface area (Å²) < 4.78 is 50.1. The number of aryl methyl sites for hydroxylation is 1. The van der Waals surface area contributed by atoms with Gasteiger partial charge < -0.3 is 18.9 Å². The molecule has 1 atom stereocenters. The van der Waals surface area contributed by atoms with Crippen molar-refractivity contribution in [2.75, 3.05) is 38.1 Å². The second-order valence-corrected chi connectivity index (χ2v) is 15.9. The van der Waals surface area contributed by atoms with Gasteiger partial charge in [-0.2, -0.15) is 9.97 Å². The summed E-state index contributed by atoms with van der Waals surface area (Å²) in [6, 6.07) is 17.8. The summed E-state index contributed by atoms with van der Waals surface area (Å²) in [5, 5.41) is 5.29. The van der Waals surface area contributed by atoms with E-state index in [1.54, 1.807) is 18.2 Å². The van der Waals surface area contributed by atoms with Gasteiger partial charge in [0.2, 0.25) is 0 Å². The maximum atomic E-state index is 17.3. The Morgan fingerprint density at radius 2 is 1.83 bits per heavy atom. The molecule has 0 bridgehead atoms. The van der Waals surface area contributed by atoms with Gasteiger partial charge in [-0.3, -0.25) is 9.80 Å². The van der Waals surface area contributed by atoms with E-state index in [0.717, 1.165) is 76.6 Å². The Balaban J connectivity index is 1.11. The first-order valence-corrected chi connectivity index (χ1v) is 20.5. The van der Waals surface area contributed by atoms with Gasteiger partial charge in [-0.25, -0.2) is 18.6 Å². The lowest BCUT2D eigenvalue weighted by Gasteiger charge is -2.32. The van der Waals surface area contributed by atoms with E-state index >= 15 is 8.78 Å². The van der Waals surface area contributed by atoms with E-state index in [1.807, 2.05) is 36.4 Å². The Labute approximate surface area is 335 Å². The molecule has 58 heavy (non-hydrogen) atoms. The number of anilines is 1. The van der Waals surface area contributed by atoms with Crippen molar-refractivity contribution in [1.29, 1.82) is 0 Å². The highest BCUT2D eigenvalue weighted by Crippen LogP contribution is 2.41. The fourth-order valence-corrected chi connectivity index (χ4v) is 9.38. The van der Waals surface area contributed by atoms with Gasteiger partial charge in [0.15, 0.2) is 17.3 Å². The third-order valence-electron chi connectivity index (χ3n) is 12.2. The van der Waals surface area contributed by atoms with Crippen LogP contribution in [0.15, 0.2) is 74.3 Å². The second-order valence-electron chi connectivity index (χ2n) is 15.9. The Morgan fingerprint density at radius 3 is 2.62 bits per heavy atom. The van der Waals surface area contributed by atoms with Gasteiger partial charge in [-0.1, -0.05) is 73.9 Å². The molecule has 3 aromatic heterocycles. The molecule has 0 aliphatic carbocycles. The SMILES string of the molecule is C#Cc1c(F)ccc2cccc(-c3nc4c5c(nc(OCC67CCCN6CCC7)nc5c3F)NC(CN(CCCC)Cc3oc(=O)oc3-c3ccccc3)CCC4)c12. The lowest BCUT2D eigenvalue weighted by Crippen LogP contribution is -2.43. The van der Waals surface area contributed by atoms with Crippen LogP contribution in [0, 0.1) is 24.0 Å². The van der Waals surface area contributed by atoms with E-state index in [9.17, 15) is 4.79 Å². The third kappa shape index (κ3) is 7.11. The van der Waals surface area contributed by atoms with Gasteiger partial charge in [0.1, 0.15) is 29.5 Å². The minimum absolute atomic E-state index is 0.0563. The highest BCUT2D eigenvalue weighted by Gasteiger charge is 2.45. The molecule has 0 amide bonds. The van der Waals surface area contributed by atoms with Crippen LogP contribution in [0.1, 0.15) is 75.3 Å².